The fourth-order valence-corrected chi connectivity index (χ4v) is 4.48. The van der Waals surface area contributed by atoms with Gasteiger partial charge in [-0.1, -0.05) is 57.9 Å². The lowest BCUT2D eigenvalue weighted by atomic mass is 9.95. The molecule has 0 radical (unpaired) electrons. The number of fused-ring (bicyclic) bond motifs is 1. The maximum Gasteiger partial charge on any atom is 0.302 e. The van der Waals surface area contributed by atoms with Crippen molar-refractivity contribution in [3.63, 3.8) is 0 Å². The molecule has 3 N–H and O–H groups in total. The van der Waals surface area contributed by atoms with Crippen molar-refractivity contribution in [1.29, 1.82) is 0 Å². The average Bonchev–Trinajstić information content (AvgIpc) is 3.22. The van der Waals surface area contributed by atoms with Crippen LogP contribution in [0, 0.1) is 0 Å². The first-order valence-corrected chi connectivity index (χ1v) is 11.6. The van der Waals surface area contributed by atoms with Crippen LogP contribution in [0.15, 0.2) is 97.9 Å². The van der Waals surface area contributed by atoms with Gasteiger partial charge in [0.25, 0.3) is 0 Å². The number of aromatic nitrogens is 1. The van der Waals surface area contributed by atoms with Gasteiger partial charge in [-0.3, -0.25) is 15.0 Å². The third-order valence-corrected chi connectivity index (χ3v) is 6.40. The summed E-state index contributed by atoms with van der Waals surface area (Å²) in [6.45, 7) is 1.83. The molecule has 0 saturated heterocycles. The van der Waals surface area contributed by atoms with Gasteiger partial charge < -0.3 is 10.2 Å². The number of oxazole rings is 1. The minimum atomic E-state index is -0.704. The molecule has 5 rings (SSSR count). The van der Waals surface area contributed by atoms with E-state index in [2.05, 4.69) is 26.2 Å². The Hall–Kier alpha value is -3.62. The van der Waals surface area contributed by atoms with Crippen molar-refractivity contribution in [2.24, 2.45) is 10.7 Å². The zero-order valence-corrected chi connectivity index (χ0v) is 20.3. The van der Waals surface area contributed by atoms with E-state index in [9.17, 15) is 4.79 Å². The van der Waals surface area contributed by atoms with Crippen LogP contribution in [0.1, 0.15) is 18.5 Å². The minimum absolute atomic E-state index is 0.273. The highest BCUT2D eigenvalue weighted by atomic mass is 79.9. The van der Waals surface area contributed by atoms with Gasteiger partial charge in [0.15, 0.2) is 5.58 Å². The van der Waals surface area contributed by atoms with Gasteiger partial charge in [-0.25, -0.2) is 4.99 Å². The number of hydrogen-bond acceptors (Lipinski definition) is 6. The van der Waals surface area contributed by atoms with Crippen LogP contribution in [0.25, 0.3) is 11.1 Å². The maximum absolute atomic E-state index is 12.6. The van der Waals surface area contributed by atoms with E-state index in [0.29, 0.717) is 38.9 Å². The number of guanidine groups is 1. The highest BCUT2D eigenvalue weighted by Gasteiger charge is 2.34. The van der Waals surface area contributed by atoms with Crippen LogP contribution in [0.2, 0.25) is 5.02 Å². The summed E-state index contributed by atoms with van der Waals surface area (Å²) in [6.07, 6.45) is 0. The second-order valence-electron chi connectivity index (χ2n) is 7.66. The SMILES string of the molecule is CC1=C(C(N)=O)C(c2ccccc2Cl)N=C(Nc2nc3ccccc3o2)N1c1ccc(Br)cc1. The Labute approximate surface area is 209 Å². The first kappa shape index (κ1) is 22.2. The third-order valence-electron chi connectivity index (χ3n) is 5.52. The molecule has 170 valence electrons. The van der Waals surface area contributed by atoms with E-state index in [1.54, 1.807) is 6.07 Å². The number of allylic oxidation sites excluding steroid dienone is 1. The van der Waals surface area contributed by atoms with Crippen molar-refractivity contribution >= 4 is 62.2 Å². The molecule has 1 atom stereocenters. The second kappa shape index (κ2) is 8.96. The van der Waals surface area contributed by atoms with E-state index in [4.69, 9.17) is 26.7 Å². The van der Waals surface area contributed by atoms with Gasteiger partial charge in [-0.2, -0.15) is 4.98 Å². The summed E-state index contributed by atoms with van der Waals surface area (Å²) in [6, 6.07) is 21.9. The molecule has 3 aromatic carbocycles. The normalized spacial score (nSPS) is 16.0. The van der Waals surface area contributed by atoms with E-state index in [1.807, 2.05) is 78.6 Å². The summed E-state index contributed by atoms with van der Waals surface area (Å²) >= 11 is 9.96. The first-order valence-electron chi connectivity index (χ1n) is 10.4. The molecule has 7 nitrogen and oxygen atoms in total. The average molecular weight is 537 g/mol. The number of aliphatic imine (C=N–C) groups is 1. The standard InChI is InChI=1S/C25H19BrClN5O2/c1-14-21(23(28)33)22(17-6-2-3-7-18(17)27)30-24(32(14)16-12-10-15(26)11-13-16)31-25-29-19-8-4-5-9-20(19)34-25/h2-13,22H,1H3,(H2,28,33)(H,29,30,31). The van der Waals surface area contributed by atoms with E-state index in [-0.39, 0.29) is 6.01 Å². The van der Waals surface area contributed by atoms with Crippen LogP contribution >= 0.6 is 27.5 Å². The monoisotopic (exact) mass is 535 g/mol. The van der Waals surface area contributed by atoms with E-state index in [0.717, 1.165) is 10.2 Å². The molecule has 2 heterocycles. The summed E-state index contributed by atoms with van der Waals surface area (Å²) in [7, 11) is 0. The summed E-state index contributed by atoms with van der Waals surface area (Å²) in [5, 5.41) is 3.69. The van der Waals surface area contributed by atoms with E-state index < -0.39 is 11.9 Å². The van der Waals surface area contributed by atoms with Crippen molar-refractivity contribution < 1.29 is 9.21 Å². The number of halogens is 2. The Kier molecular flexibility index (Phi) is 5.85. The quantitative estimate of drug-likeness (QED) is 0.332. The molecule has 1 aromatic heterocycles. The fourth-order valence-electron chi connectivity index (χ4n) is 3.97. The maximum atomic E-state index is 12.6. The van der Waals surface area contributed by atoms with Gasteiger partial charge in [0.2, 0.25) is 11.9 Å². The third kappa shape index (κ3) is 4.06. The molecule has 0 bridgehead atoms. The van der Waals surface area contributed by atoms with Crippen molar-refractivity contribution in [2.45, 2.75) is 13.0 Å². The number of rotatable bonds is 4. The van der Waals surface area contributed by atoms with Crippen LogP contribution < -0.4 is 16.0 Å². The van der Waals surface area contributed by atoms with Gasteiger partial charge in [-0.15, -0.1) is 0 Å². The largest absolute Gasteiger partial charge is 0.423 e. The molecule has 0 fully saturated rings. The topological polar surface area (TPSA) is 96.8 Å². The Morgan fingerprint density at radius 2 is 1.79 bits per heavy atom. The molecule has 4 aromatic rings. The highest BCUT2D eigenvalue weighted by molar-refractivity contribution is 9.10. The Morgan fingerprint density at radius 3 is 2.50 bits per heavy atom. The molecular formula is C25H19BrClN5O2. The summed E-state index contributed by atoms with van der Waals surface area (Å²) in [5.74, 6) is -0.157. The lowest BCUT2D eigenvalue weighted by molar-refractivity contribution is -0.114. The zero-order valence-electron chi connectivity index (χ0n) is 18.0. The van der Waals surface area contributed by atoms with E-state index >= 15 is 0 Å². The lowest BCUT2D eigenvalue weighted by Gasteiger charge is -2.34. The van der Waals surface area contributed by atoms with E-state index in [1.165, 1.54) is 0 Å². The van der Waals surface area contributed by atoms with Crippen LogP contribution in [-0.4, -0.2) is 16.9 Å². The molecule has 0 saturated carbocycles. The van der Waals surface area contributed by atoms with Crippen LogP contribution in [-0.2, 0) is 4.79 Å². The number of nitrogens with two attached hydrogens (primary N) is 1. The number of carbonyl (C=O) groups excluding carboxylic acids is 1. The lowest BCUT2D eigenvalue weighted by Crippen LogP contribution is -2.41. The number of para-hydroxylation sites is 2. The van der Waals surface area contributed by atoms with Gasteiger partial charge >= 0.3 is 6.01 Å². The van der Waals surface area contributed by atoms with Crippen molar-refractivity contribution in [1.82, 2.24) is 4.98 Å². The first-order chi connectivity index (χ1) is 16.4. The number of anilines is 2. The number of amides is 1. The molecule has 1 aliphatic heterocycles. The Morgan fingerprint density at radius 1 is 1.09 bits per heavy atom. The number of nitrogens with one attached hydrogen (secondary N) is 1. The van der Waals surface area contributed by atoms with Gasteiger partial charge in [0.05, 0.1) is 5.57 Å². The summed E-state index contributed by atoms with van der Waals surface area (Å²) in [5.41, 5.74) is 9.62. The van der Waals surface area contributed by atoms with Crippen molar-refractivity contribution in [2.75, 3.05) is 10.2 Å². The number of nitrogens with zero attached hydrogens (tertiary/aromatic N) is 3. The Bertz CT molecular complexity index is 1430. The number of hydrogen-bond donors (Lipinski definition) is 2. The number of carbonyl (C=O) groups is 1. The molecule has 1 amide bonds. The smallest absolute Gasteiger partial charge is 0.302 e. The molecule has 1 unspecified atom stereocenters. The predicted molar refractivity (Wildman–Crippen MR) is 138 cm³/mol. The number of benzene rings is 3. The highest BCUT2D eigenvalue weighted by Crippen LogP contribution is 2.39. The molecule has 34 heavy (non-hydrogen) atoms. The summed E-state index contributed by atoms with van der Waals surface area (Å²) in [4.78, 5) is 23.9. The van der Waals surface area contributed by atoms with Gasteiger partial charge in [-0.05, 0) is 49.4 Å². The van der Waals surface area contributed by atoms with Crippen molar-refractivity contribution in [3.05, 3.63) is 99.1 Å². The molecular weight excluding hydrogens is 518 g/mol. The molecule has 0 aliphatic carbocycles. The minimum Gasteiger partial charge on any atom is -0.423 e. The molecule has 1 aliphatic rings. The predicted octanol–water partition coefficient (Wildman–Crippen LogP) is 6.03. The molecule has 0 spiro atoms. The number of primary amides is 1. The van der Waals surface area contributed by atoms with Crippen LogP contribution in [0.3, 0.4) is 0 Å². The fraction of sp³-hybridized carbons (Fsp3) is 0.0800. The van der Waals surface area contributed by atoms with Gasteiger partial charge in [0.1, 0.15) is 11.6 Å². The van der Waals surface area contributed by atoms with Gasteiger partial charge in [0, 0.05) is 26.4 Å². The van der Waals surface area contributed by atoms with Crippen LogP contribution in [0.5, 0.6) is 0 Å². The Balaban J connectivity index is 1.67. The van der Waals surface area contributed by atoms with Crippen molar-refractivity contribution in [3.8, 4) is 0 Å². The molecule has 9 heteroatoms. The zero-order chi connectivity index (χ0) is 23.8. The van der Waals surface area contributed by atoms with Crippen LogP contribution in [0.4, 0.5) is 11.7 Å². The second-order valence-corrected chi connectivity index (χ2v) is 8.99. The summed E-state index contributed by atoms with van der Waals surface area (Å²) < 4.78 is 6.80.